The summed E-state index contributed by atoms with van der Waals surface area (Å²) in [6.07, 6.45) is 2.82. The van der Waals surface area contributed by atoms with Crippen LogP contribution in [0.5, 0.6) is 0 Å². The largest absolute Gasteiger partial charge is 0.388 e. The minimum atomic E-state index is -0.517. The fraction of sp³-hybridized carbons (Fsp3) is 0.562. The predicted molar refractivity (Wildman–Crippen MR) is 85.9 cm³/mol. The molecule has 0 bridgehead atoms. The monoisotopic (exact) mass is 295 g/mol. The number of hydrogen-bond donors (Lipinski definition) is 2. The van der Waals surface area contributed by atoms with Crippen molar-refractivity contribution in [3.8, 4) is 0 Å². The molecule has 1 amide bonds. The number of thioether (sulfide) groups is 1. The van der Waals surface area contributed by atoms with Crippen LogP contribution in [0.1, 0.15) is 44.8 Å². The van der Waals surface area contributed by atoms with Crippen molar-refractivity contribution in [1.82, 2.24) is 5.32 Å². The molecule has 0 heterocycles. The van der Waals surface area contributed by atoms with Gasteiger partial charge in [0.25, 0.3) is 0 Å². The van der Waals surface area contributed by atoms with Crippen molar-refractivity contribution in [1.29, 1.82) is 0 Å². The first-order valence-corrected chi connectivity index (χ1v) is 8.32. The Bertz CT molecular complexity index is 383. The van der Waals surface area contributed by atoms with Crippen LogP contribution in [-0.4, -0.2) is 28.6 Å². The standard InChI is InChI=1S/C16H25NO2S/c1-3-4-8-11-17-16(19)13(2)20-12-15(18)14-9-6-5-7-10-14/h5-7,9-10,13,15,18H,3-4,8,11-12H2,1-2H3,(H,17,19). The van der Waals surface area contributed by atoms with E-state index in [0.29, 0.717) is 5.75 Å². The molecule has 0 aliphatic carbocycles. The number of carbonyl (C=O) groups excluding carboxylic acids is 1. The van der Waals surface area contributed by atoms with Gasteiger partial charge in [0.1, 0.15) is 0 Å². The van der Waals surface area contributed by atoms with Gasteiger partial charge in [-0.05, 0) is 18.9 Å². The maximum atomic E-state index is 11.8. The summed E-state index contributed by atoms with van der Waals surface area (Å²) in [5.41, 5.74) is 0.899. The lowest BCUT2D eigenvalue weighted by molar-refractivity contribution is -0.120. The first-order chi connectivity index (χ1) is 9.65. The van der Waals surface area contributed by atoms with E-state index in [1.807, 2.05) is 37.3 Å². The quantitative estimate of drug-likeness (QED) is 0.688. The van der Waals surface area contributed by atoms with Gasteiger partial charge >= 0.3 is 0 Å². The summed E-state index contributed by atoms with van der Waals surface area (Å²) in [4.78, 5) is 11.8. The molecule has 1 aromatic carbocycles. The molecule has 20 heavy (non-hydrogen) atoms. The smallest absolute Gasteiger partial charge is 0.232 e. The van der Waals surface area contributed by atoms with Crippen LogP contribution < -0.4 is 5.32 Å². The van der Waals surface area contributed by atoms with Crippen LogP contribution in [0.15, 0.2) is 30.3 Å². The third-order valence-corrected chi connectivity index (χ3v) is 4.36. The highest BCUT2D eigenvalue weighted by molar-refractivity contribution is 8.00. The van der Waals surface area contributed by atoms with Gasteiger partial charge in [0.2, 0.25) is 5.91 Å². The first kappa shape index (κ1) is 17.1. The van der Waals surface area contributed by atoms with Gasteiger partial charge in [-0.25, -0.2) is 0 Å². The molecule has 0 aliphatic heterocycles. The van der Waals surface area contributed by atoms with E-state index in [0.717, 1.165) is 31.4 Å². The highest BCUT2D eigenvalue weighted by atomic mass is 32.2. The number of aliphatic hydroxyl groups is 1. The lowest BCUT2D eigenvalue weighted by Crippen LogP contribution is -2.32. The van der Waals surface area contributed by atoms with Crippen LogP contribution >= 0.6 is 11.8 Å². The van der Waals surface area contributed by atoms with Gasteiger partial charge in [-0.1, -0.05) is 50.1 Å². The van der Waals surface area contributed by atoms with Crippen LogP contribution in [0.4, 0.5) is 0 Å². The van der Waals surface area contributed by atoms with E-state index in [-0.39, 0.29) is 11.2 Å². The number of amides is 1. The fourth-order valence-corrected chi connectivity index (χ4v) is 2.71. The summed E-state index contributed by atoms with van der Waals surface area (Å²) >= 11 is 1.49. The number of carbonyl (C=O) groups is 1. The highest BCUT2D eigenvalue weighted by Crippen LogP contribution is 2.21. The molecule has 1 rings (SSSR count). The number of aliphatic hydroxyl groups excluding tert-OH is 1. The Kier molecular flexibility index (Phi) is 8.38. The molecule has 4 heteroatoms. The average Bonchev–Trinajstić information content (AvgIpc) is 2.49. The van der Waals surface area contributed by atoms with E-state index in [4.69, 9.17) is 0 Å². The number of rotatable bonds is 9. The van der Waals surface area contributed by atoms with Gasteiger partial charge in [0.05, 0.1) is 11.4 Å². The van der Waals surface area contributed by atoms with Gasteiger partial charge in [-0.2, -0.15) is 0 Å². The number of nitrogens with one attached hydrogen (secondary N) is 1. The van der Waals surface area contributed by atoms with E-state index in [1.165, 1.54) is 11.8 Å². The summed E-state index contributed by atoms with van der Waals surface area (Å²) in [6, 6.07) is 9.55. The zero-order valence-corrected chi connectivity index (χ0v) is 13.2. The fourth-order valence-electron chi connectivity index (χ4n) is 1.81. The summed E-state index contributed by atoms with van der Waals surface area (Å²) in [5.74, 6) is 0.597. The number of benzene rings is 1. The van der Waals surface area contributed by atoms with E-state index in [1.54, 1.807) is 0 Å². The van der Waals surface area contributed by atoms with Gasteiger partial charge in [-0.15, -0.1) is 11.8 Å². The molecular weight excluding hydrogens is 270 g/mol. The van der Waals surface area contributed by atoms with Crippen molar-refractivity contribution in [2.75, 3.05) is 12.3 Å². The molecule has 2 N–H and O–H groups in total. The molecule has 112 valence electrons. The van der Waals surface area contributed by atoms with Crippen molar-refractivity contribution in [3.63, 3.8) is 0 Å². The van der Waals surface area contributed by atoms with Crippen LogP contribution in [0.3, 0.4) is 0 Å². The first-order valence-electron chi connectivity index (χ1n) is 7.27. The molecule has 3 nitrogen and oxygen atoms in total. The Balaban J connectivity index is 2.25. The minimum absolute atomic E-state index is 0.0614. The third-order valence-electron chi connectivity index (χ3n) is 3.14. The zero-order valence-electron chi connectivity index (χ0n) is 12.3. The molecule has 0 radical (unpaired) electrons. The van der Waals surface area contributed by atoms with Crippen molar-refractivity contribution >= 4 is 17.7 Å². The minimum Gasteiger partial charge on any atom is -0.388 e. The summed E-state index contributed by atoms with van der Waals surface area (Å²) < 4.78 is 0. The van der Waals surface area contributed by atoms with Gasteiger partial charge in [0, 0.05) is 12.3 Å². The van der Waals surface area contributed by atoms with Crippen LogP contribution in [0.25, 0.3) is 0 Å². The lowest BCUT2D eigenvalue weighted by Gasteiger charge is -2.15. The molecule has 0 spiro atoms. The van der Waals surface area contributed by atoms with Crippen LogP contribution in [0, 0.1) is 0 Å². The summed E-state index contributed by atoms with van der Waals surface area (Å²) in [5, 5.41) is 12.9. The maximum absolute atomic E-state index is 11.8. The maximum Gasteiger partial charge on any atom is 0.232 e. The molecule has 2 unspecified atom stereocenters. The normalized spacial score (nSPS) is 13.8. The Morgan fingerprint density at radius 3 is 2.65 bits per heavy atom. The number of hydrogen-bond acceptors (Lipinski definition) is 3. The second-order valence-corrected chi connectivity index (χ2v) is 6.27. The Hall–Kier alpha value is -1.00. The Morgan fingerprint density at radius 1 is 1.30 bits per heavy atom. The number of unbranched alkanes of at least 4 members (excludes halogenated alkanes) is 2. The molecule has 0 saturated heterocycles. The molecule has 1 aromatic rings. The lowest BCUT2D eigenvalue weighted by atomic mass is 10.1. The van der Waals surface area contributed by atoms with E-state index in [9.17, 15) is 9.90 Å². The third kappa shape index (κ3) is 6.44. The topological polar surface area (TPSA) is 49.3 Å². The van der Waals surface area contributed by atoms with Crippen molar-refractivity contribution in [2.45, 2.75) is 44.5 Å². The van der Waals surface area contributed by atoms with E-state index >= 15 is 0 Å². The second kappa shape index (κ2) is 9.83. The van der Waals surface area contributed by atoms with Crippen molar-refractivity contribution < 1.29 is 9.90 Å². The van der Waals surface area contributed by atoms with E-state index in [2.05, 4.69) is 12.2 Å². The molecule has 2 atom stereocenters. The molecular formula is C16H25NO2S. The Morgan fingerprint density at radius 2 is 2.00 bits per heavy atom. The second-order valence-electron chi connectivity index (χ2n) is 4.90. The van der Waals surface area contributed by atoms with E-state index < -0.39 is 6.10 Å². The van der Waals surface area contributed by atoms with Crippen LogP contribution in [-0.2, 0) is 4.79 Å². The SMILES string of the molecule is CCCCCNC(=O)C(C)SCC(O)c1ccccc1. The highest BCUT2D eigenvalue weighted by Gasteiger charge is 2.15. The van der Waals surface area contributed by atoms with Gasteiger partial charge in [-0.3, -0.25) is 4.79 Å². The summed E-state index contributed by atoms with van der Waals surface area (Å²) in [7, 11) is 0. The zero-order chi connectivity index (χ0) is 14.8. The van der Waals surface area contributed by atoms with Crippen LogP contribution in [0.2, 0.25) is 0 Å². The molecule has 0 aromatic heterocycles. The Labute approximate surface area is 126 Å². The average molecular weight is 295 g/mol. The van der Waals surface area contributed by atoms with Crippen molar-refractivity contribution in [3.05, 3.63) is 35.9 Å². The van der Waals surface area contributed by atoms with Crippen molar-refractivity contribution in [2.24, 2.45) is 0 Å². The molecule has 0 fully saturated rings. The van der Waals surface area contributed by atoms with Gasteiger partial charge in [0.15, 0.2) is 0 Å². The summed E-state index contributed by atoms with van der Waals surface area (Å²) in [6.45, 7) is 4.78. The predicted octanol–water partition coefficient (Wildman–Crippen LogP) is 3.15. The van der Waals surface area contributed by atoms with Gasteiger partial charge < -0.3 is 10.4 Å². The molecule has 0 aliphatic rings. The molecule has 0 saturated carbocycles.